The lowest BCUT2D eigenvalue weighted by Crippen LogP contribution is -2.59. The number of phenolic OH excluding ortho intramolecular Hbond substituents is 1. The van der Waals surface area contributed by atoms with Gasteiger partial charge in [0, 0.05) is 39.8 Å². The van der Waals surface area contributed by atoms with Crippen molar-refractivity contribution in [3.8, 4) is 5.75 Å². The van der Waals surface area contributed by atoms with Crippen LogP contribution in [0.5, 0.6) is 5.75 Å². The van der Waals surface area contributed by atoms with E-state index in [0.717, 1.165) is 0 Å². The van der Waals surface area contributed by atoms with Gasteiger partial charge in [0.1, 0.15) is 42.0 Å². The lowest BCUT2D eigenvalue weighted by Gasteiger charge is -2.30. The Kier molecular flexibility index (Phi) is 27.6. The van der Waals surface area contributed by atoms with Crippen LogP contribution in [0.25, 0.3) is 0 Å². The Morgan fingerprint density at radius 3 is 1.97 bits per heavy atom. The molecule has 6 unspecified atom stereocenters. The summed E-state index contributed by atoms with van der Waals surface area (Å²) in [5.74, 6) is -7.88. The van der Waals surface area contributed by atoms with Gasteiger partial charge >= 0.3 is 0 Å². The number of amides is 12. The zero-order valence-corrected chi connectivity index (χ0v) is 41.9. The number of likely N-dealkylation sites (tertiary alicyclic amines) is 1. The van der Waals surface area contributed by atoms with Gasteiger partial charge in [-0.25, -0.2) is 0 Å². The molecule has 396 valence electrons. The average molecular weight is 1000 g/mol. The molecule has 1 aromatic rings. The molecule has 25 nitrogen and oxygen atoms in total. The molecule has 2 heterocycles. The van der Waals surface area contributed by atoms with E-state index in [1.165, 1.54) is 37.9 Å². The first kappa shape index (κ1) is 61.7. The van der Waals surface area contributed by atoms with Crippen molar-refractivity contribution < 1.29 is 62.6 Å². The molecule has 0 radical (unpaired) electrons. The number of hydrogen-bond donors (Lipinski definition) is 12. The molecule has 0 bridgehead atoms. The van der Waals surface area contributed by atoms with Gasteiger partial charge in [-0.3, -0.25) is 57.5 Å². The van der Waals surface area contributed by atoms with Gasteiger partial charge in [-0.05, 0) is 62.1 Å². The molecule has 2 fully saturated rings. The van der Waals surface area contributed by atoms with Crippen LogP contribution in [0.4, 0.5) is 0 Å². The molecular formula is C46H74N12O13. The summed E-state index contributed by atoms with van der Waals surface area (Å²) in [5.41, 5.74) is 9.69. The summed E-state index contributed by atoms with van der Waals surface area (Å²) in [4.78, 5) is 153. The molecule has 71 heavy (non-hydrogen) atoms. The predicted octanol–water partition coefficient (Wildman–Crippen LogP) is -3.28. The molecule has 14 N–H and O–H groups in total. The summed E-state index contributed by atoms with van der Waals surface area (Å²) >= 11 is 0. The number of nitrogens with two attached hydrogens (primary N) is 2. The van der Waals surface area contributed by atoms with E-state index in [1.807, 2.05) is 13.8 Å². The highest BCUT2D eigenvalue weighted by Gasteiger charge is 2.39. The van der Waals surface area contributed by atoms with Crippen LogP contribution in [0.15, 0.2) is 24.3 Å². The molecular weight excluding hydrogens is 929 g/mol. The van der Waals surface area contributed by atoms with Crippen LogP contribution >= 0.6 is 0 Å². The third-order valence-electron chi connectivity index (χ3n) is 11.0. The minimum Gasteiger partial charge on any atom is -0.508 e. The van der Waals surface area contributed by atoms with Gasteiger partial charge in [-0.2, -0.15) is 0 Å². The Morgan fingerprint density at radius 2 is 1.41 bits per heavy atom. The molecule has 0 aliphatic carbocycles. The van der Waals surface area contributed by atoms with E-state index in [4.69, 9.17) is 0 Å². The van der Waals surface area contributed by atoms with E-state index < -0.39 is 114 Å². The number of nitrogens with one attached hydrogen (secondary N) is 9. The SMILES string of the molecule is CC(N)=O.CCC(C)C1NC(=O)[C@H](Cc2ccc(O)cc2)NC(=O)CNC(=O)CCC(C(=O)N2CCCC2C(=O)NC(CC(C)C)C(=O)NCC(=O)NC)NC(=O)CNC(=O)C(C)NC1=O.CCC(N)=O. The van der Waals surface area contributed by atoms with Gasteiger partial charge < -0.3 is 69.3 Å². The topological polar surface area (TPSA) is 389 Å². The van der Waals surface area contributed by atoms with Crippen molar-refractivity contribution in [1.82, 2.24) is 52.8 Å². The first-order valence-electron chi connectivity index (χ1n) is 23.5. The molecule has 7 atom stereocenters. The molecule has 12 amide bonds. The maximum Gasteiger partial charge on any atom is 0.245 e. The van der Waals surface area contributed by atoms with Gasteiger partial charge in [0.2, 0.25) is 70.9 Å². The maximum atomic E-state index is 14.1. The molecule has 2 saturated heterocycles. The van der Waals surface area contributed by atoms with Crippen molar-refractivity contribution in [3.05, 3.63) is 29.8 Å². The van der Waals surface area contributed by atoms with Crippen molar-refractivity contribution in [2.75, 3.05) is 33.2 Å². The van der Waals surface area contributed by atoms with E-state index in [2.05, 4.69) is 59.3 Å². The fraction of sp³-hybridized carbons (Fsp3) is 0.609. The minimum absolute atomic E-state index is 0.0185. The fourth-order valence-electron chi connectivity index (χ4n) is 6.87. The lowest BCUT2D eigenvalue weighted by molar-refractivity contribution is -0.142. The van der Waals surface area contributed by atoms with Gasteiger partial charge in [-0.1, -0.05) is 53.2 Å². The third kappa shape index (κ3) is 23.7. The normalized spacial score (nSPS) is 21.2. The number of hydrogen-bond acceptors (Lipinski definition) is 13. The highest BCUT2D eigenvalue weighted by molar-refractivity contribution is 5.98. The number of aromatic hydroxyl groups is 1. The fourth-order valence-corrected chi connectivity index (χ4v) is 6.87. The second kappa shape index (κ2) is 31.7. The average Bonchev–Trinajstić information content (AvgIpc) is 3.82. The second-order valence-electron chi connectivity index (χ2n) is 17.4. The van der Waals surface area contributed by atoms with Crippen molar-refractivity contribution in [2.45, 2.75) is 136 Å². The van der Waals surface area contributed by atoms with E-state index >= 15 is 0 Å². The molecule has 2 aliphatic rings. The van der Waals surface area contributed by atoms with Crippen molar-refractivity contribution >= 4 is 70.9 Å². The number of carbonyl (C=O) groups is 12. The second-order valence-corrected chi connectivity index (χ2v) is 17.4. The number of likely N-dealkylation sites (N-methyl/N-ethyl adjacent to an activating group) is 1. The van der Waals surface area contributed by atoms with Crippen molar-refractivity contribution in [3.63, 3.8) is 0 Å². The number of phenols is 1. The summed E-state index contributed by atoms with van der Waals surface area (Å²) in [6, 6.07) is -1.10. The Morgan fingerprint density at radius 1 is 0.817 bits per heavy atom. The Hall–Kier alpha value is -7.34. The van der Waals surface area contributed by atoms with Crippen LogP contribution in [-0.2, 0) is 64.0 Å². The Labute approximate surface area is 413 Å². The summed E-state index contributed by atoms with van der Waals surface area (Å²) in [6.07, 6.45) is 1.04. The highest BCUT2D eigenvalue weighted by Crippen LogP contribution is 2.21. The van der Waals surface area contributed by atoms with Crippen LogP contribution < -0.4 is 59.3 Å². The van der Waals surface area contributed by atoms with Crippen LogP contribution in [0.1, 0.15) is 99.0 Å². The number of benzene rings is 1. The zero-order chi connectivity index (χ0) is 54.0. The molecule has 0 saturated carbocycles. The molecule has 25 heteroatoms. The van der Waals surface area contributed by atoms with Gasteiger partial charge in [0.05, 0.1) is 19.6 Å². The monoisotopic (exact) mass is 1000 g/mol. The van der Waals surface area contributed by atoms with Crippen molar-refractivity contribution in [2.24, 2.45) is 23.3 Å². The standard InChI is InChI=1S/C41H62N10O11.C3H7NO.C2H5NO/c1-7-23(4)35-40(61)46-24(5)36(57)44-21-34(56)47-27(14-15-31(53)43-20-33(55)48-29(38(59)50-35)18-25-10-12-26(52)13-11-25)41(62)51-16-8-9-30(51)39(60)49-28(17-22(2)3)37(58)45-19-32(54)42-6;1-2-3(4)5;1-2(3)4/h10-13,22-24,27-30,35,52H,7-9,14-21H2,1-6H3,(H,42,54)(H,43,53)(H,44,57)(H,45,58)(H,46,61)(H,47,56)(H,48,55)(H,49,60)(H,50,59);2H2,1H3,(H2,4,5);1H3,(H2,3,4)/t23?,24?,27?,28?,29-,30?,35?;;/m0../s1. The minimum atomic E-state index is -1.38. The first-order valence-corrected chi connectivity index (χ1v) is 23.5. The Balaban J connectivity index is 0.00000256. The zero-order valence-electron chi connectivity index (χ0n) is 41.9. The summed E-state index contributed by atoms with van der Waals surface area (Å²) < 4.78 is 0. The van der Waals surface area contributed by atoms with Crippen LogP contribution in [-0.4, -0.2) is 150 Å². The number of primary amides is 2. The number of nitrogens with zero attached hydrogens (tertiary/aromatic N) is 1. The van der Waals surface area contributed by atoms with E-state index in [9.17, 15) is 62.6 Å². The predicted molar refractivity (Wildman–Crippen MR) is 257 cm³/mol. The molecule has 1 aromatic carbocycles. The van der Waals surface area contributed by atoms with Crippen LogP contribution in [0.2, 0.25) is 0 Å². The lowest BCUT2D eigenvalue weighted by atomic mass is 9.96. The van der Waals surface area contributed by atoms with Gasteiger partial charge in [0.25, 0.3) is 0 Å². The smallest absolute Gasteiger partial charge is 0.245 e. The van der Waals surface area contributed by atoms with E-state index in [0.29, 0.717) is 24.8 Å². The molecule has 0 spiro atoms. The first-order chi connectivity index (χ1) is 33.3. The Bertz CT molecular complexity index is 2030. The van der Waals surface area contributed by atoms with Gasteiger partial charge in [-0.15, -0.1) is 0 Å². The van der Waals surface area contributed by atoms with Gasteiger partial charge in [0.15, 0.2) is 0 Å². The third-order valence-corrected chi connectivity index (χ3v) is 11.0. The highest BCUT2D eigenvalue weighted by atomic mass is 16.3. The number of carbonyl (C=O) groups excluding carboxylic acids is 12. The number of rotatable bonds is 13. The summed E-state index contributed by atoms with van der Waals surface area (Å²) in [7, 11) is 1.41. The maximum absolute atomic E-state index is 14.1. The molecule has 0 aromatic heterocycles. The van der Waals surface area contributed by atoms with Crippen LogP contribution in [0.3, 0.4) is 0 Å². The van der Waals surface area contributed by atoms with E-state index in [-0.39, 0.29) is 68.7 Å². The summed E-state index contributed by atoms with van der Waals surface area (Å²) in [6.45, 7) is 10.2. The molecule has 3 rings (SSSR count). The largest absolute Gasteiger partial charge is 0.508 e. The molecule has 2 aliphatic heterocycles. The van der Waals surface area contributed by atoms with Crippen molar-refractivity contribution in [1.29, 1.82) is 0 Å². The van der Waals surface area contributed by atoms with E-state index in [1.54, 1.807) is 32.9 Å². The van der Waals surface area contributed by atoms with Crippen LogP contribution in [0, 0.1) is 11.8 Å². The quantitative estimate of drug-likeness (QED) is 0.0924. The summed E-state index contributed by atoms with van der Waals surface area (Å²) in [5, 5.41) is 32.6.